The summed E-state index contributed by atoms with van der Waals surface area (Å²) < 4.78 is 13.6. The van der Waals surface area contributed by atoms with Crippen molar-refractivity contribution in [2.45, 2.75) is 32.4 Å². The van der Waals surface area contributed by atoms with E-state index in [1.54, 1.807) is 13.1 Å². The van der Waals surface area contributed by atoms with Crippen LogP contribution in [0.1, 0.15) is 30.1 Å². The number of nitrogens with zero attached hydrogens (tertiary/aromatic N) is 1. The number of carbonyl (C=O) groups excluding carboxylic acids is 1. The molecule has 0 amide bonds. The predicted octanol–water partition coefficient (Wildman–Crippen LogP) is 2.96. The van der Waals surface area contributed by atoms with Crippen molar-refractivity contribution in [2.24, 2.45) is 0 Å². The molecule has 122 valence electrons. The molecule has 1 unspecified atom stereocenters. The molecular weight excluding hydrogens is 409 g/mol. The fourth-order valence-electron chi connectivity index (χ4n) is 2.88. The summed E-state index contributed by atoms with van der Waals surface area (Å²) in [5, 5.41) is 0.542. The van der Waals surface area contributed by atoms with Crippen molar-refractivity contribution in [1.29, 1.82) is 0 Å². The van der Waals surface area contributed by atoms with Gasteiger partial charge in [-0.2, -0.15) is 0 Å². The molecule has 0 spiro atoms. The Balaban J connectivity index is 2.14. The Morgan fingerprint density at radius 1 is 1.48 bits per heavy atom. The van der Waals surface area contributed by atoms with Crippen LogP contribution in [0.15, 0.2) is 29.2 Å². The fourth-order valence-corrected chi connectivity index (χ4v) is 3.37. The Bertz CT molecular complexity index is 793. The monoisotopic (exact) mass is 427 g/mol. The number of aromatic nitrogens is 1. The molecule has 0 saturated carbocycles. The van der Waals surface area contributed by atoms with Gasteiger partial charge in [-0.3, -0.25) is 4.79 Å². The third-order valence-corrected chi connectivity index (χ3v) is 4.63. The van der Waals surface area contributed by atoms with Crippen LogP contribution in [-0.2, 0) is 16.0 Å². The van der Waals surface area contributed by atoms with Crippen LogP contribution >= 0.6 is 22.6 Å². The summed E-state index contributed by atoms with van der Waals surface area (Å²) in [4.78, 5) is 24.8. The number of esters is 1. The summed E-state index contributed by atoms with van der Waals surface area (Å²) in [5.74, 6) is -0.570. The van der Waals surface area contributed by atoms with Gasteiger partial charge in [0.25, 0.3) is 0 Å². The Morgan fingerprint density at radius 3 is 3.00 bits per heavy atom. The lowest BCUT2D eigenvalue weighted by Gasteiger charge is -2.17. The molecule has 0 radical (unpaired) electrons. The Labute approximate surface area is 147 Å². The number of halogens is 1. The Hall–Kier alpha value is -1.41. The molecule has 5 nitrogen and oxygen atoms in total. The van der Waals surface area contributed by atoms with Gasteiger partial charge in [0, 0.05) is 28.3 Å². The van der Waals surface area contributed by atoms with Gasteiger partial charge in [-0.1, -0.05) is 0 Å². The number of rotatable bonds is 4. The maximum Gasteiger partial charge on any atom is 0.343 e. The zero-order chi connectivity index (χ0) is 16.4. The molecule has 1 aliphatic rings. The van der Waals surface area contributed by atoms with Gasteiger partial charge in [0.2, 0.25) is 5.43 Å². The lowest BCUT2D eigenvalue weighted by atomic mass is 10.1. The number of hydrogen-bond acceptors (Lipinski definition) is 4. The van der Waals surface area contributed by atoms with Crippen molar-refractivity contribution in [2.75, 3.05) is 13.2 Å². The summed E-state index contributed by atoms with van der Waals surface area (Å²) in [6.07, 6.45) is 3.77. The fraction of sp³-hybridized carbons (Fsp3) is 0.412. The molecule has 2 heterocycles. The van der Waals surface area contributed by atoms with Crippen molar-refractivity contribution in [3.8, 4) is 0 Å². The minimum absolute atomic E-state index is 0.0827. The van der Waals surface area contributed by atoms with Gasteiger partial charge >= 0.3 is 5.97 Å². The van der Waals surface area contributed by atoms with E-state index in [0.29, 0.717) is 11.9 Å². The molecule has 1 fully saturated rings. The van der Waals surface area contributed by atoms with Crippen LogP contribution in [0.25, 0.3) is 10.9 Å². The van der Waals surface area contributed by atoms with Crippen LogP contribution in [0.4, 0.5) is 0 Å². The SMILES string of the molecule is CCOC(=O)c1cn(CC2CCCO2)c2ccc(I)cc2c1=O. The lowest BCUT2D eigenvalue weighted by Crippen LogP contribution is -2.23. The number of benzene rings is 1. The second kappa shape index (κ2) is 7.00. The molecule has 0 N–H and O–H groups in total. The smallest absolute Gasteiger partial charge is 0.343 e. The third kappa shape index (κ3) is 3.42. The highest BCUT2D eigenvalue weighted by Gasteiger charge is 2.20. The first-order valence-electron chi connectivity index (χ1n) is 7.71. The molecule has 1 aromatic heterocycles. The Morgan fingerprint density at radius 2 is 2.30 bits per heavy atom. The van der Waals surface area contributed by atoms with E-state index in [9.17, 15) is 9.59 Å². The summed E-state index contributed by atoms with van der Waals surface area (Å²) in [6, 6.07) is 5.69. The highest BCUT2D eigenvalue weighted by molar-refractivity contribution is 14.1. The molecule has 3 rings (SSSR count). The number of fused-ring (bicyclic) bond motifs is 1. The van der Waals surface area contributed by atoms with Crippen LogP contribution in [0, 0.1) is 3.57 Å². The van der Waals surface area contributed by atoms with E-state index in [-0.39, 0.29) is 23.7 Å². The minimum atomic E-state index is -0.570. The van der Waals surface area contributed by atoms with Gasteiger partial charge < -0.3 is 14.0 Å². The van der Waals surface area contributed by atoms with E-state index >= 15 is 0 Å². The second-order valence-electron chi connectivity index (χ2n) is 5.54. The number of pyridine rings is 1. The quantitative estimate of drug-likeness (QED) is 0.556. The van der Waals surface area contributed by atoms with Gasteiger partial charge in [-0.25, -0.2) is 4.79 Å². The van der Waals surface area contributed by atoms with Crippen molar-refractivity contribution in [3.05, 3.63) is 43.8 Å². The maximum atomic E-state index is 12.6. The summed E-state index contributed by atoms with van der Waals surface area (Å²) in [7, 11) is 0. The average Bonchev–Trinajstić information content (AvgIpc) is 3.03. The maximum absolute atomic E-state index is 12.6. The molecule has 6 heteroatoms. The first-order valence-corrected chi connectivity index (χ1v) is 8.79. The molecule has 1 atom stereocenters. The average molecular weight is 427 g/mol. The van der Waals surface area contributed by atoms with Crippen molar-refractivity contribution >= 4 is 39.5 Å². The van der Waals surface area contributed by atoms with Crippen molar-refractivity contribution < 1.29 is 14.3 Å². The van der Waals surface area contributed by atoms with Crippen LogP contribution in [0.5, 0.6) is 0 Å². The molecule has 23 heavy (non-hydrogen) atoms. The van der Waals surface area contributed by atoms with E-state index in [2.05, 4.69) is 22.6 Å². The molecular formula is C17H18INO4. The zero-order valence-corrected chi connectivity index (χ0v) is 15.0. The summed E-state index contributed by atoms with van der Waals surface area (Å²) in [5.41, 5.74) is 0.624. The first-order chi connectivity index (χ1) is 11.1. The van der Waals surface area contributed by atoms with E-state index in [1.165, 1.54) is 0 Å². The normalized spacial score (nSPS) is 17.6. The Kier molecular flexibility index (Phi) is 5.01. The van der Waals surface area contributed by atoms with E-state index in [0.717, 1.165) is 28.5 Å². The molecule has 1 saturated heterocycles. The molecule has 2 aromatic rings. The summed E-state index contributed by atoms with van der Waals surface area (Å²) >= 11 is 2.16. The van der Waals surface area contributed by atoms with Crippen LogP contribution < -0.4 is 5.43 Å². The van der Waals surface area contributed by atoms with Gasteiger partial charge in [0.1, 0.15) is 5.56 Å². The predicted molar refractivity (Wildman–Crippen MR) is 95.9 cm³/mol. The lowest BCUT2D eigenvalue weighted by molar-refractivity contribution is 0.0523. The number of ether oxygens (including phenoxy) is 2. The first kappa shape index (κ1) is 16.4. The highest BCUT2D eigenvalue weighted by Crippen LogP contribution is 2.20. The molecule has 1 aromatic carbocycles. The van der Waals surface area contributed by atoms with E-state index < -0.39 is 5.97 Å². The van der Waals surface area contributed by atoms with Gasteiger partial charge in [0.05, 0.1) is 18.2 Å². The highest BCUT2D eigenvalue weighted by atomic mass is 127. The second-order valence-corrected chi connectivity index (χ2v) is 6.79. The van der Waals surface area contributed by atoms with Crippen LogP contribution in [0.3, 0.4) is 0 Å². The van der Waals surface area contributed by atoms with Gasteiger partial charge in [0.15, 0.2) is 0 Å². The molecule has 0 bridgehead atoms. The van der Waals surface area contributed by atoms with Crippen molar-refractivity contribution in [1.82, 2.24) is 4.57 Å². The number of hydrogen-bond donors (Lipinski definition) is 0. The third-order valence-electron chi connectivity index (χ3n) is 3.96. The number of carbonyl (C=O) groups is 1. The zero-order valence-electron chi connectivity index (χ0n) is 12.9. The van der Waals surface area contributed by atoms with Crippen LogP contribution in [0.2, 0.25) is 0 Å². The van der Waals surface area contributed by atoms with Gasteiger partial charge in [-0.05, 0) is 60.6 Å². The molecule has 1 aliphatic heterocycles. The van der Waals surface area contributed by atoms with E-state index in [4.69, 9.17) is 9.47 Å². The topological polar surface area (TPSA) is 57.5 Å². The standard InChI is InChI=1S/C17H18INO4/c1-2-22-17(21)14-10-19(9-12-4-3-7-23-12)15-6-5-11(18)8-13(15)16(14)20/h5-6,8,10,12H,2-4,7,9H2,1H3. The molecule has 0 aliphatic carbocycles. The summed E-state index contributed by atoms with van der Waals surface area (Å²) in [6.45, 7) is 3.37. The van der Waals surface area contributed by atoms with Crippen molar-refractivity contribution in [3.63, 3.8) is 0 Å². The largest absolute Gasteiger partial charge is 0.462 e. The van der Waals surface area contributed by atoms with Gasteiger partial charge in [-0.15, -0.1) is 0 Å². The minimum Gasteiger partial charge on any atom is -0.462 e. The van der Waals surface area contributed by atoms with Crippen LogP contribution in [-0.4, -0.2) is 29.9 Å². The van der Waals surface area contributed by atoms with E-state index in [1.807, 2.05) is 22.8 Å².